The number of thiophene rings is 1. The highest BCUT2D eigenvalue weighted by molar-refractivity contribution is 7.12. The van der Waals surface area contributed by atoms with Crippen molar-refractivity contribution >= 4 is 22.8 Å². The first-order valence-electron chi connectivity index (χ1n) is 5.49. The van der Waals surface area contributed by atoms with Crippen molar-refractivity contribution in [2.45, 2.75) is 19.9 Å². The van der Waals surface area contributed by atoms with E-state index in [-0.39, 0.29) is 11.7 Å². The van der Waals surface area contributed by atoms with E-state index < -0.39 is 4.92 Å². The monoisotopic (exact) mass is 263 g/mol. The number of anilines is 1. The van der Waals surface area contributed by atoms with Gasteiger partial charge in [-0.2, -0.15) is 0 Å². The topological polar surface area (TPSA) is 68.1 Å². The lowest BCUT2D eigenvalue weighted by Crippen LogP contribution is -2.06. The molecule has 0 aliphatic heterocycles. The fraction of sp³-hybridized carbons (Fsp3) is 0.250. The minimum Gasteiger partial charge on any atom is -0.363 e. The van der Waals surface area contributed by atoms with Crippen LogP contribution in [0.2, 0.25) is 0 Å². The Morgan fingerprint density at radius 1 is 1.39 bits per heavy atom. The summed E-state index contributed by atoms with van der Waals surface area (Å²) in [6.45, 7) is 4.10. The van der Waals surface area contributed by atoms with Gasteiger partial charge < -0.3 is 5.32 Å². The number of rotatable bonds is 4. The number of nitrogens with one attached hydrogen (secondary N) is 1. The first-order valence-corrected chi connectivity index (χ1v) is 6.31. The molecule has 1 N–H and O–H groups in total. The highest BCUT2D eigenvalue weighted by Gasteiger charge is 2.10. The molecule has 0 bridgehead atoms. The van der Waals surface area contributed by atoms with Crippen molar-refractivity contribution in [3.8, 4) is 0 Å². The zero-order chi connectivity index (χ0) is 13.1. The van der Waals surface area contributed by atoms with Gasteiger partial charge in [-0.05, 0) is 32.0 Å². The van der Waals surface area contributed by atoms with E-state index in [9.17, 15) is 10.1 Å². The van der Waals surface area contributed by atoms with Crippen LogP contribution in [-0.4, -0.2) is 9.91 Å². The van der Waals surface area contributed by atoms with E-state index in [0.717, 1.165) is 0 Å². The number of aromatic nitrogens is 1. The van der Waals surface area contributed by atoms with Crippen LogP contribution in [0.25, 0.3) is 0 Å². The third-order valence-electron chi connectivity index (χ3n) is 2.51. The molecule has 0 saturated carbocycles. The van der Waals surface area contributed by atoms with E-state index in [4.69, 9.17) is 0 Å². The van der Waals surface area contributed by atoms with E-state index in [1.807, 2.05) is 6.92 Å². The summed E-state index contributed by atoms with van der Waals surface area (Å²) in [6.07, 6.45) is 1.26. The molecule has 0 aliphatic rings. The molecule has 0 aliphatic carbocycles. The smallest absolute Gasteiger partial charge is 0.287 e. The van der Waals surface area contributed by atoms with Gasteiger partial charge in [0.25, 0.3) is 5.69 Å². The van der Waals surface area contributed by atoms with Crippen LogP contribution in [-0.2, 0) is 0 Å². The van der Waals surface area contributed by atoms with Crippen LogP contribution in [0.3, 0.4) is 0 Å². The second-order valence-corrected chi connectivity index (χ2v) is 5.29. The van der Waals surface area contributed by atoms with Gasteiger partial charge >= 0.3 is 0 Å². The molecule has 2 heterocycles. The maximum atomic E-state index is 10.5. The molecule has 0 fully saturated rings. The molecule has 1 unspecified atom stereocenters. The molecule has 0 spiro atoms. The fourth-order valence-corrected chi connectivity index (χ4v) is 2.44. The van der Waals surface area contributed by atoms with Crippen molar-refractivity contribution in [3.63, 3.8) is 0 Å². The van der Waals surface area contributed by atoms with Crippen LogP contribution in [0.5, 0.6) is 0 Å². The van der Waals surface area contributed by atoms with Gasteiger partial charge in [-0.1, -0.05) is 0 Å². The number of nitro groups is 1. The van der Waals surface area contributed by atoms with Crippen LogP contribution < -0.4 is 5.32 Å². The molecule has 6 heteroatoms. The average Bonchev–Trinajstić information content (AvgIpc) is 2.76. The van der Waals surface area contributed by atoms with Gasteiger partial charge in [-0.25, -0.2) is 4.98 Å². The van der Waals surface area contributed by atoms with Crippen molar-refractivity contribution < 1.29 is 4.92 Å². The molecular formula is C12H13N3O2S. The molecule has 0 aromatic carbocycles. The minimum atomic E-state index is -0.456. The molecular weight excluding hydrogens is 250 g/mol. The highest BCUT2D eigenvalue weighted by atomic mass is 32.1. The summed E-state index contributed by atoms with van der Waals surface area (Å²) in [5.41, 5.74) is 0.000158. The van der Waals surface area contributed by atoms with Crippen molar-refractivity contribution in [3.05, 3.63) is 50.3 Å². The third-order valence-corrected chi connectivity index (χ3v) is 3.69. The fourth-order valence-electron chi connectivity index (χ4n) is 1.56. The van der Waals surface area contributed by atoms with Gasteiger partial charge in [0, 0.05) is 15.8 Å². The molecule has 1 atom stereocenters. The van der Waals surface area contributed by atoms with Crippen molar-refractivity contribution in [2.75, 3.05) is 5.32 Å². The number of nitrogens with zero attached hydrogens (tertiary/aromatic N) is 2. The predicted octanol–water partition coefficient (Wildman–Crippen LogP) is 3.53. The van der Waals surface area contributed by atoms with Gasteiger partial charge in [0.15, 0.2) is 0 Å². The van der Waals surface area contributed by atoms with E-state index in [1.54, 1.807) is 17.4 Å². The van der Waals surface area contributed by atoms with Crippen molar-refractivity contribution in [2.24, 2.45) is 0 Å². The molecule has 2 aromatic rings. The Morgan fingerprint density at radius 3 is 2.67 bits per heavy atom. The Hall–Kier alpha value is -1.95. The zero-order valence-corrected chi connectivity index (χ0v) is 10.9. The van der Waals surface area contributed by atoms with E-state index in [1.165, 1.54) is 22.0 Å². The van der Waals surface area contributed by atoms with E-state index >= 15 is 0 Å². The van der Waals surface area contributed by atoms with Gasteiger partial charge in [0.2, 0.25) is 0 Å². The summed E-state index contributed by atoms with van der Waals surface area (Å²) >= 11 is 1.72. The summed E-state index contributed by atoms with van der Waals surface area (Å²) in [5, 5.41) is 13.7. The number of hydrogen-bond donors (Lipinski definition) is 1. The van der Waals surface area contributed by atoms with Crippen LogP contribution >= 0.6 is 11.3 Å². The maximum Gasteiger partial charge on any atom is 0.287 e. The van der Waals surface area contributed by atoms with Gasteiger partial charge in [-0.3, -0.25) is 10.1 Å². The first kappa shape index (κ1) is 12.5. The molecule has 2 aromatic heterocycles. The Bertz CT molecular complexity index is 551. The summed E-state index contributed by atoms with van der Waals surface area (Å²) in [5.74, 6) is 0.638. The Balaban J connectivity index is 2.07. The Kier molecular flexibility index (Phi) is 3.57. The number of hydrogen-bond acceptors (Lipinski definition) is 5. The third kappa shape index (κ3) is 2.84. The second kappa shape index (κ2) is 5.14. The largest absolute Gasteiger partial charge is 0.363 e. The standard InChI is InChI=1S/C12H13N3O2S/c1-8-3-5-11(18-8)9(2)14-12-6-4-10(7-13-12)15(16)17/h3-7,9H,1-2H3,(H,13,14). The molecule has 0 radical (unpaired) electrons. The number of aryl methyl sites for hydroxylation is 1. The van der Waals surface area contributed by atoms with Gasteiger partial charge in [0.05, 0.1) is 11.0 Å². The first-order chi connectivity index (χ1) is 8.56. The normalized spacial score (nSPS) is 12.1. The Labute approximate surface area is 109 Å². The quantitative estimate of drug-likeness (QED) is 0.676. The summed E-state index contributed by atoms with van der Waals surface area (Å²) < 4.78 is 0. The van der Waals surface area contributed by atoms with Crippen molar-refractivity contribution in [1.82, 2.24) is 4.98 Å². The highest BCUT2D eigenvalue weighted by Crippen LogP contribution is 2.25. The predicted molar refractivity (Wildman–Crippen MR) is 72.0 cm³/mol. The molecule has 2 rings (SSSR count). The zero-order valence-electron chi connectivity index (χ0n) is 10.1. The van der Waals surface area contributed by atoms with Crippen LogP contribution in [0.15, 0.2) is 30.5 Å². The molecule has 0 amide bonds. The Morgan fingerprint density at radius 2 is 2.17 bits per heavy atom. The van der Waals surface area contributed by atoms with Crippen LogP contribution in [0, 0.1) is 17.0 Å². The minimum absolute atomic E-state index is 0.000158. The van der Waals surface area contributed by atoms with Crippen LogP contribution in [0.4, 0.5) is 11.5 Å². The summed E-state index contributed by atoms with van der Waals surface area (Å²) in [7, 11) is 0. The molecule has 5 nitrogen and oxygen atoms in total. The maximum absolute atomic E-state index is 10.5. The lowest BCUT2D eigenvalue weighted by Gasteiger charge is -2.12. The molecule has 18 heavy (non-hydrogen) atoms. The molecule has 0 saturated heterocycles. The van der Waals surface area contributed by atoms with Crippen LogP contribution in [0.1, 0.15) is 22.7 Å². The summed E-state index contributed by atoms with van der Waals surface area (Å²) in [6, 6.07) is 7.35. The second-order valence-electron chi connectivity index (χ2n) is 3.97. The summed E-state index contributed by atoms with van der Waals surface area (Å²) in [4.78, 5) is 16.5. The van der Waals surface area contributed by atoms with Gasteiger partial charge in [0.1, 0.15) is 12.0 Å². The van der Waals surface area contributed by atoms with E-state index in [2.05, 4.69) is 29.4 Å². The average molecular weight is 263 g/mol. The lowest BCUT2D eigenvalue weighted by molar-refractivity contribution is -0.385. The van der Waals surface area contributed by atoms with E-state index in [0.29, 0.717) is 5.82 Å². The molecule has 94 valence electrons. The lowest BCUT2D eigenvalue weighted by atomic mass is 10.2. The number of pyridine rings is 1. The SMILES string of the molecule is Cc1ccc(C(C)Nc2ccc([N+](=O)[O-])cn2)s1. The van der Waals surface area contributed by atoms with Gasteiger partial charge in [-0.15, -0.1) is 11.3 Å². The van der Waals surface area contributed by atoms with Crippen molar-refractivity contribution in [1.29, 1.82) is 0 Å².